The molecule has 1 aliphatic heterocycles. The van der Waals surface area contributed by atoms with Crippen molar-refractivity contribution in [2.45, 2.75) is 37.5 Å². The lowest BCUT2D eigenvalue weighted by atomic mass is 10.0. The van der Waals surface area contributed by atoms with Crippen molar-refractivity contribution in [1.29, 1.82) is 0 Å². The molecular formula is C22H24N4O2S. The number of para-hydroxylation sites is 1. The zero-order valence-corrected chi connectivity index (χ0v) is 17.2. The van der Waals surface area contributed by atoms with Crippen LogP contribution in [0.25, 0.3) is 0 Å². The lowest BCUT2D eigenvalue weighted by Crippen LogP contribution is -2.33. The number of carbonyl (C=O) groups is 1. The van der Waals surface area contributed by atoms with Gasteiger partial charge in [0.15, 0.2) is 5.16 Å². The van der Waals surface area contributed by atoms with Gasteiger partial charge in [-0.25, -0.2) is 0 Å². The van der Waals surface area contributed by atoms with Crippen LogP contribution >= 0.6 is 11.8 Å². The van der Waals surface area contributed by atoms with E-state index in [1.165, 1.54) is 17.3 Å². The molecule has 6 nitrogen and oxygen atoms in total. The maximum Gasteiger partial charge on any atom is 0.230 e. The molecule has 2 heterocycles. The van der Waals surface area contributed by atoms with Crippen LogP contribution in [-0.4, -0.2) is 33.0 Å². The predicted molar refractivity (Wildman–Crippen MR) is 113 cm³/mol. The van der Waals surface area contributed by atoms with Crippen LogP contribution in [0.15, 0.2) is 59.8 Å². The minimum atomic E-state index is -0.00858. The van der Waals surface area contributed by atoms with E-state index in [9.17, 15) is 4.79 Å². The number of rotatable bonds is 7. The zero-order valence-electron chi connectivity index (χ0n) is 16.4. The number of amides is 1. The van der Waals surface area contributed by atoms with Crippen molar-refractivity contribution < 1.29 is 9.53 Å². The minimum Gasteiger partial charge on any atom is -0.493 e. The first-order valence-corrected chi connectivity index (χ1v) is 10.8. The fourth-order valence-corrected chi connectivity index (χ4v) is 4.34. The second-order valence-corrected chi connectivity index (χ2v) is 7.83. The van der Waals surface area contributed by atoms with Crippen molar-refractivity contribution in [2.75, 3.05) is 12.4 Å². The Balaban J connectivity index is 1.37. The van der Waals surface area contributed by atoms with E-state index in [-0.39, 0.29) is 11.9 Å². The highest BCUT2D eigenvalue weighted by Crippen LogP contribution is 2.31. The van der Waals surface area contributed by atoms with Gasteiger partial charge in [0.25, 0.3) is 0 Å². The van der Waals surface area contributed by atoms with Crippen molar-refractivity contribution in [3.8, 4) is 5.75 Å². The molecule has 7 heteroatoms. The molecule has 1 amide bonds. The van der Waals surface area contributed by atoms with Crippen LogP contribution in [-0.2, 0) is 17.8 Å². The Kier molecular flexibility index (Phi) is 6.14. The molecule has 0 radical (unpaired) electrons. The molecule has 2 aromatic carbocycles. The van der Waals surface area contributed by atoms with E-state index in [1.807, 2.05) is 42.5 Å². The summed E-state index contributed by atoms with van der Waals surface area (Å²) < 4.78 is 7.75. The summed E-state index contributed by atoms with van der Waals surface area (Å²) in [6, 6.07) is 18.1. The van der Waals surface area contributed by atoms with Crippen molar-refractivity contribution in [1.82, 2.24) is 20.1 Å². The van der Waals surface area contributed by atoms with E-state index in [0.717, 1.165) is 41.7 Å². The first-order chi connectivity index (χ1) is 14.2. The van der Waals surface area contributed by atoms with Crippen molar-refractivity contribution >= 4 is 17.7 Å². The Bertz CT molecular complexity index is 974. The number of nitrogens with one attached hydrogen (secondary N) is 1. The standard InChI is InChI=1S/C22H24N4O2S/c1-2-26-20(14-16-8-4-3-5-9-16)24-25-22(26)29-15-21(27)23-18-12-13-28-19-11-7-6-10-17(18)19/h3-11,18H,2,12-15H2,1H3,(H,23,27). The smallest absolute Gasteiger partial charge is 0.230 e. The lowest BCUT2D eigenvalue weighted by Gasteiger charge is -2.26. The van der Waals surface area contributed by atoms with Crippen LogP contribution in [0.5, 0.6) is 5.75 Å². The first kappa shape index (κ1) is 19.5. The van der Waals surface area contributed by atoms with Crippen LogP contribution in [0.3, 0.4) is 0 Å². The molecule has 1 unspecified atom stereocenters. The number of hydrogen-bond donors (Lipinski definition) is 1. The van der Waals surface area contributed by atoms with E-state index in [1.54, 1.807) is 0 Å². The number of nitrogens with zero attached hydrogens (tertiary/aromatic N) is 3. The van der Waals surface area contributed by atoms with E-state index in [4.69, 9.17) is 4.74 Å². The third-order valence-electron chi connectivity index (χ3n) is 4.94. The topological polar surface area (TPSA) is 69.0 Å². The van der Waals surface area contributed by atoms with Gasteiger partial charge in [-0.3, -0.25) is 4.79 Å². The van der Waals surface area contributed by atoms with Gasteiger partial charge in [0.05, 0.1) is 18.4 Å². The number of ether oxygens (including phenoxy) is 1. The molecule has 29 heavy (non-hydrogen) atoms. The van der Waals surface area contributed by atoms with E-state index in [2.05, 4.69) is 39.1 Å². The average Bonchev–Trinajstić information content (AvgIpc) is 3.14. The number of hydrogen-bond acceptors (Lipinski definition) is 5. The predicted octanol–water partition coefficient (Wildman–Crippen LogP) is 3.62. The maximum atomic E-state index is 12.6. The Labute approximate surface area is 174 Å². The SMILES string of the molecule is CCn1c(Cc2ccccc2)nnc1SCC(=O)NC1CCOc2ccccc21. The molecule has 3 aromatic rings. The average molecular weight is 409 g/mol. The molecule has 0 fully saturated rings. The van der Waals surface area contributed by atoms with Gasteiger partial charge in [0, 0.05) is 24.9 Å². The van der Waals surface area contributed by atoms with Crippen molar-refractivity contribution in [3.05, 3.63) is 71.5 Å². The molecule has 1 aliphatic rings. The van der Waals surface area contributed by atoms with Crippen LogP contribution in [0, 0.1) is 0 Å². The van der Waals surface area contributed by atoms with Crippen LogP contribution in [0.2, 0.25) is 0 Å². The fourth-order valence-electron chi connectivity index (χ4n) is 3.51. The summed E-state index contributed by atoms with van der Waals surface area (Å²) in [5, 5.41) is 12.6. The molecule has 0 spiro atoms. The summed E-state index contributed by atoms with van der Waals surface area (Å²) in [6.07, 6.45) is 1.51. The molecule has 0 aliphatic carbocycles. The number of thioether (sulfide) groups is 1. The molecule has 1 atom stereocenters. The van der Waals surface area contributed by atoms with E-state index >= 15 is 0 Å². The van der Waals surface area contributed by atoms with Gasteiger partial charge < -0.3 is 14.6 Å². The normalized spacial score (nSPS) is 15.4. The van der Waals surface area contributed by atoms with Gasteiger partial charge >= 0.3 is 0 Å². The van der Waals surface area contributed by atoms with Gasteiger partial charge in [-0.2, -0.15) is 0 Å². The fraction of sp³-hybridized carbons (Fsp3) is 0.318. The quantitative estimate of drug-likeness (QED) is 0.605. The Hall–Kier alpha value is -2.80. The highest BCUT2D eigenvalue weighted by Gasteiger charge is 2.23. The summed E-state index contributed by atoms with van der Waals surface area (Å²) in [5.41, 5.74) is 2.24. The molecule has 1 aromatic heterocycles. The van der Waals surface area contributed by atoms with Gasteiger partial charge in [0.2, 0.25) is 5.91 Å². The third kappa shape index (κ3) is 4.62. The molecular weight excluding hydrogens is 384 g/mol. The Morgan fingerprint density at radius 1 is 1.17 bits per heavy atom. The molecule has 150 valence electrons. The van der Waals surface area contributed by atoms with Crippen molar-refractivity contribution in [2.24, 2.45) is 0 Å². The second kappa shape index (κ2) is 9.13. The summed E-state index contributed by atoms with van der Waals surface area (Å²) in [6.45, 7) is 3.45. The number of fused-ring (bicyclic) bond motifs is 1. The summed E-state index contributed by atoms with van der Waals surface area (Å²) in [5.74, 6) is 2.07. The van der Waals surface area contributed by atoms with Gasteiger partial charge in [-0.1, -0.05) is 60.3 Å². The molecule has 0 saturated heterocycles. The monoisotopic (exact) mass is 408 g/mol. The number of aromatic nitrogens is 3. The van der Waals surface area contributed by atoms with Gasteiger partial charge in [-0.05, 0) is 18.6 Å². The maximum absolute atomic E-state index is 12.6. The zero-order chi connectivity index (χ0) is 20.1. The van der Waals surface area contributed by atoms with E-state index in [0.29, 0.717) is 12.4 Å². The summed E-state index contributed by atoms with van der Waals surface area (Å²) in [4.78, 5) is 12.6. The molecule has 0 saturated carbocycles. The number of carbonyl (C=O) groups excluding carboxylic acids is 1. The molecule has 4 rings (SSSR count). The Morgan fingerprint density at radius 3 is 2.79 bits per heavy atom. The number of benzene rings is 2. The van der Waals surface area contributed by atoms with Crippen LogP contribution < -0.4 is 10.1 Å². The molecule has 1 N–H and O–H groups in total. The van der Waals surface area contributed by atoms with Crippen molar-refractivity contribution in [3.63, 3.8) is 0 Å². The minimum absolute atomic E-state index is 0.00744. The van der Waals surface area contributed by atoms with Gasteiger partial charge in [0.1, 0.15) is 11.6 Å². The molecule has 0 bridgehead atoms. The Morgan fingerprint density at radius 2 is 1.97 bits per heavy atom. The third-order valence-corrected chi connectivity index (χ3v) is 5.91. The van der Waals surface area contributed by atoms with Crippen LogP contribution in [0.1, 0.15) is 36.3 Å². The van der Waals surface area contributed by atoms with Gasteiger partial charge in [-0.15, -0.1) is 10.2 Å². The second-order valence-electron chi connectivity index (χ2n) is 6.89. The van der Waals surface area contributed by atoms with E-state index < -0.39 is 0 Å². The summed E-state index contributed by atoms with van der Waals surface area (Å²) in [7, 11) is 0. The highest BCUT2D eigenvalue weighted by molar-refractivity contribution is 7.99. The largest absolute Gasteiger partial charge is 0.493 e. The highest BCUT2D eigenvalue weighted by atomic mass is 32.2. The summed E-state index contributed by atoms with van der Waals surface area (Å²) >= 11 is 1.43. The lowest BCUT2D eigenvalue weighted by molar-refractivity contribution is -0.119. The van der Waals surface area contributed by atoms with Crippen LogP contribution in [0.4, 0.5) is 0 Å². The first-order valence-electron chi connectivity index (χ1n) is 9.84.